The summed E-state index contributed by atoms with van der Waals surface area (Å²) >= 11 is 13.4. The first-order valence-electron chi connectivity index (χ1n) is 10.1. The van der Waals surface area contributed by atoms with Crippen LogP contribution in [0.5, 0.6) is 0 Å². The van der Waals surface area contributed by atoms with Crippen molar-refractivity contribution in [1.29, 1.82) is 0 Å². The van der Waals surface area contributed by atoms with Gasteiger partial charge in [0.25, 0.3) is 0 Å². The lowest BCUT2D eigenvalue weighted by atomic mass is 10.1. The lowest BCUT2D eigenvalue weighted by molar-refractivity contribution is -0.138. The minimum atomic E-state index is -0.655. The highest BCUT2D eigenvalue weighted by Crippen LogP contribution is 2.25. The maximum absolute atomic E-state index is 13.3. The molecule has 0 saturated carbocycles. The molecule has 1 N–H and O–H groups in total. The number of nitrogens with one attached hydrogen (secondary N) is 1. The third-order valence-corrected chi connectivity index (χ3v) is 6.64. The van der Waals surface area contributed by atoms with Crippen LogP contribution < -0.4 is 5.32 Å². The second-order valence-electron chi connectivity index (χ2n) is 7.38. The van der Waals surface area contributed by atoms with Crippen molar-refractivity contribution in [3.63, 3.8) is 0 Å². The van der Waals surface area contributed by atoms with Gasteiger partial charge in [0.15, 0.2) is 0 Å². The molecule has 0 radical (unpaired) electrons. The van der Waals surface area contributed by atoms with E-state index in [0.29, 0.717) is 15.8 Å². The number of thioether (sulfide) groups is 1. The van der Waals surface area contributed by atoms with Crippen LogP contribution in [0.4, 0.5) is 4.39 Å². The van der Waals surface area contributed by atoms with Crippen LogP contribution in [0, 0.1) is 5.82 Å². The smallest absolute Gasteiger partial charge is 0.242 e. The van der Waals surface area contributed by atoms with Crippen molar-refractivity contribution in [1.82, 2.24) is 10.2 Å². The number of amides is 2. The fourth-order valence-electron chi connectivity index (χ4n) is 2.80. The number of benzene rings is 2. The first-order valence-corrected chi connectivity index (χ1v) is 12.0. The van der Waals surface area contributed by atoms with Gasteiger partial charge >= 0.3 is 0 Å². The highest BCUT2D eigenvalue weighted by Gasteiger charge is 2.26. The second-order valence-corrected chi connectivity index (χ2v) is 9.18. The SMILES string of the molecule is CC[C@@H](C)NC(=O)[C@@H](C)N(Cc1ccc(F)cc1)C(=O)CSCc1ccc(Cl)c(Cl)c1. The molecule has 0 aliphatic carbocycles. The maximum atomic E-state index is 13.3. The lowest BCUT2D eigenvalue weighted by Crippen LogP contribution is -2.50. The van der Waals surface area contributed by atoms with Crippen LogP contribution in [-0.4, -0.2) is 34.6 Å². The van der Waals surface area contributed by atoms with Crippen LogP contribution >= 0.6 is 35.0 Å². The number of carbonyl (C=O) groups excluding carboxylic acids is 2. The zero-order valence-electron chi connectivity index (χ0n) is 17.8. The molecule has 2 amide bonds. The van der Waals surface area contributed by atoms with Crippen LogP contribution in [0.3, 0.4) is 0 Å². The molecule has 0 heterocycles. The summed E-state index contributed by atoms with van der Waals surface area (Å²) in [7, 11) is 0. The fourth-order valence-corrected chi connectivity index (χ4v) is 3.98. The molecule has 2 aromatic carbocycles. The number of rotatable bonds is 10. The van der Waals surface area contributed by atoms with E-state index in [1.807, 2.05) is 19.9 Å². The van der Waals surface area contributed by atoms with Gasteiger partial charge in [-0.15, -0.1) is 11.8 Å². The van der Waals surface area contributed by atoms with Crippen LogP contribution in [0.15, 0.2) is 42.5 Å². The minimum Gasteiger partial charge on any atom is -0.352 e. The van der Waals surface area contributed by atoms with Crippen molar-refractivity contribution < 1.29 is 14.0 Å². The molecule has 0 aromatic heterocycles. The van der Waals surface area contributed by atoms with Gasteiger partial charge in [0, 0.05) is 18.3 Å². The number of carbonyl (C=O) groups is 2. The highest BCUT2D eigenvalue weighted by atomic mass is 35.5. The topological polar surface area (TPSA) is 49.4 Å². The Kier molecular flexibility index (Phi) is 10.1. The van der Waals surface area contributed by atoms with Gasteiger partial charge < -0.3 is 10.2 Å². The summed E-state index contributed by atoms with van der Waals surface area (Å²) in [4.78, 5) is 27.2. The predicted molar refractivity (Wildman–Crippen MR) is 127 cm³/mol. The predicted octanol–water partition coefficient (Wildman–Crippen LogP) is 5.70. The summed E-state index contributed by atoms with van der Waals surface area (Å²) in [5, 5.41) is 3.88. The summed E-state index contributed by atoms with van der Waals surface area (Å²) in [6.07, 6.45) is 0.796. The van der Waals surface area contributed by atoms with Crippen molar-refractivity contribution >= 4 is 46.8 Å². The van der Waals surface area contributed by atoms with E-state index in [1.165, 1.54) is 28.8 Å². The summed E-state index contributed by atoms with van der Waals surface area (Å²) in [6, 6.07) is 10.7. The van der Waals surface area contributed by atoms with Gasteiger partial charge in [-0.2, -0.15) is 0 Å². The van der Waals surface area contributed by atoms with E-state index in [4.69, 9.17) is 23.2 Å². The van der Waals surface area contributed by atoms with E-state index in [0.717, 1.165) is 17.5 Å². The zero-order valence-corrected chi connectivity index (χ0v) is 20.2. The van der Waals surface area contributed by atoms with E-state index in [-0.39, 0.29) is 36.0 Å². The molecule has 0 spiro atoms. The van der Waals surface area contributed by atoms with Crippen molar-refractivity contribution in [3.8, 4) is 0 Å². The van der Waals surface area contributed by atoms with Crippen molar-refractivity contribution in [2.45, 2.75) is 51.6 Å². The summed E-state index contributed by atoms with van der Waals surface area (Å²) in [5.74, 6) is 0.0601. The first-order chi connectivity index (χ1) is 14.7. The third kappa shape index (κ3) is 8.02. The standard InChI is InChI=1S/C23H27Cl2FN2O2S/c1-4-15(2)27-23(30)16(3)28(12-17-5-8-19(26)9-6-17)22(29)14-31-13-18-7-10-20(24)21(25)11-18/h5-11,15-16H,4,12-14H2,1-3H3,(H,27,30)/t15-,16-/m1/s1. The maximum Gasteiger partial charge on any atom is 0.242 e. The second kappa shape index (κ2) is 12.3. The average molecular weight is 485 g/mol. The van der Waals surface area contributed by atoms with Crippen molar-refractivity contribution in [2.75, 3.05) is 5.75 Å². The van der Waals surface area contributed by atoms with Gasteiger partial charge in [-0.3, -0.25) is 9.59 Å². The molecule has 8 heteroatoms. The molecule has 168 valence electrons. The molecule has 31 heavy (non-hydrogen) atoms. The van der Waals surface area contributed by atoms with E-state index < -0.39 is 6.04 Å². The fraction of sp³-hybridized carbons (Fsp3) is 0.391. The molecule has 0 bridgehead atoms. The molecule has 0 aliphatic heterocycles. The Labute approximate surface area is 197 Å². The van der Waals surface area contributed by atoms with Crippen molar-refractivity contribution in [2.24, 2.45) is 0 Å². The molecule has 2 atom stereocenters. The van der Waals surface area contributed by atoms with Gasteiger partial charge in [0.1, 0.15) is 11.9 Å². The molecule has 4 nitrogen and oxygen atoms in total. The van der Waals surface area contributed by atoms with Gasteiger partial charge in [-0.25, -0.2) is 4.39 Å². The van der Waals surface area contributed by atoms with E-state index in [2.05, 4.69) is 5.32 Å². The van der Waals surface area contributed by atoms with Gasteiger partial charge in [-0.1, -0.05) is 48.3 Å². The molecule has 0 unspecified atom stereocenters. The summed E-state index contributed by atoms with van der Waals surface area (Å²) in [6.45, 7) is 5.84. The molecule has 2 aromatic rings. The Hall–Kier alpha value is -1.76. The highest BCUT2D eigenvalue weighted by molar-refractivity contribution is 7.99. The van der Waals surface area contributed by atoms with Gasteiger partial charge in [-0.05, 0) is 55.7 Å². The molecular weight excluding hydrogens is 458 g/mol. The largest absolute Gasteiger partial charge is 0.352 e. The Morgan fingerprint density at radius 2 is 1.71 bits per heavy atom. The molecule has 2 rings (SSSR count). The molecular formula is C23H27Cl2FN2O2S. The van der Waals surface area contributed by atoms with Crippen LogP contribution in [-0.2, 0) is 21.9 Å². The molecule has 0 saturated heterocycles. The third-order valence-electron chi connectivity index (χ3n) is 4.91. The van der Waals surface area contributed by atoms with Crippen molar-refractivity contribution in [3.05, 3.63) is 69.5 Å². The average Bonchev–Trinajstić information content (AvgIpc) is 2.75. The quantitative estimate of drug-likeness (QED) is 0.470. The van der Waals surface area contributed by atoms with Crippen LogP contribution in [0.1, 0.15) is 38.3 Å². The molecule has 0 aliphatic rings. The normalized spacial score (nSPS) is 12.8. The van der Waals surface area contributed by atoms with E-state index in [1.54, 1.807) is 31.2 Å². The Morgan fingerprint density at radius 3 is 2.32 bits per heavy atom. The summed E-state index contributed by atoms with van der Waals surface area (Å²) in [5.41, 5.74) is 1.72. The number of hydrogen-bond acceptors (Lipinski definition) is 3. The first kappa shape index (κ1) is 25.5. The lowest BCUT2D eigenvalue weighted by Gasteiger charge is -2.29. The molecule has 0 fully saturated rings. The zero-order chi connectivity index (χ0) is 23.0. The van der Waals surface area contributed by atoms with E-state index >= 15 is 0 Å². The minimum absolute atomic E-state index is 0.0155. The van der Waals surface area contributed by atoms with E-state index in [9.17, 15) is 14.0 Å². The van der Waals surface area contributed by atoms with Crippen LogP contribution in [0.25, 0.3) is 0 Å². The van der Waals surface area contributed by atoms with Crippen LogP contribution in [0.2, 0.25) is 10.0 Å². The van der Waals surface area contributed by atoms with Gasteiger partial charge in [0.05, 0.1) is 15.8 Å². The Bertz CT molecular complexity index is 896. The number of halogens is 3. The monoisotopic (exact) mass is 484 g/mol. The Balaban J connectivity index is 2.07. The number of hydrogen-bond donors (Lipinski definition) is 1. The summed E-state index contributed by atoms with van der Waals surface area (Å²) < 4.78 is 13.3. The Morgan fingerprint density at radius 1 is 1.06 bits per heavy atom. The van der Waals surface area contributed by atoms with Gasteiger partial charge in [0.2, 0.25) is 11.8 Å². The number of nitrogens with zero attached hydrogens (tertiary/aromatic N) is 1.